The lowest BCUT2D eigenvalue weighted by Crippen LogP contribution is -2.28. The van der Waals surface area contributed by atoms with Crippen molar-refractivity contribution in [1.29, 1.82) is 0 Å². The number of carbonyl (C=O) groups is 1. The van der Waals surface area contributed by atoms with E-state index in [4.69, 9.17) is 18.9 Å². The Morgan fingerprint density at radius 3 is 1.93 bits per heavy atom. The zero-order valence-electron chi connectivity index (χ0n) is 15.7. The number of nitrogens with zero attached hydrogens (tertiary/aromatic N) is 1. The van der Waals surface area contributed by atoms with Crippen LogP contribution >= 0.6 is 0 Å². The highest BCUT2D eigenvalue weighted by atomic mass is 32.2. The molecule has 9 heteroatoms. The van der Waals surface area contributed by atoms with Crippen LogP contribution in [0.5, 0.6) is 17.2 Å². The summed E-state index contributed by atoms with van der Waals surface area (Å²) in [5.74, 6) is 0.370. The smallest absolute Gasteiger partial charge is 0.340 e. The molecule has 0 bridgehead atoms. The van der Waals surface area contributed by atoms with E-state index in [0.29, 0.717) is 5.75 Å². The number of benzene rings is 2. The fourth-order valence-electron chi connectivity index (χ4n) is 2.44. The summed E-state index contributed by atoms with van der Waals surface area (Å²) in [5.41, 5.74) is 0.116. The van der Waals surface area contributed by atoms with Gasteiger partial charge in [-0.2, -0.15) is 0 Å². The second-order valence-corrected chi connectivity index (χ2v) is 7.33. The lowest BCUT2D eigenvalue weighted by Gasteiger charge is -2.23. The number of esters is 1. The molecule has 2 rings (SSSR count). The van der Waals surface area contributed by atoms with E-state index < -0.39 is 16.0 Å². The standard InChI is InChI=1S/C18H21NO7S/c1-19(27(21,22)13-8-6-12(23-2)7-9-13)15-11-17(25-4)16(24-3)10-14(15)18(20)26-5/h6-11H,1-5H3. The minimum absolute atomic E-state index is 0.0229. The van der Waals surface area contributed by atoms with Crippen LogP contribution in [-0.2, 0) is 14.8 Å². The van der Waals surface area contributed by atoms with Crippen molar-refractivity contribution in [2.75, 3.05) is 39.8 Å². The minimum atomic E-state index is -3.95. The van der Waals surface area contributed by atoms with E-state index in [2.05, 4.69) is 0 Å². The number of sulfonamides is 1. The quantitative estimate of drug-likeness (QED) is 0.665. The molecule has 2 aromatic carbocycles. The van der Waals surface area contributed by atoms with Gasteiger partial charge in [0.05, 0.1) is 44.6 Å². The van der Waals surface area contributed by atoms with Crippen LogP contribution in [0.2, 0.25) is 0 Å². The molecule has 0 saturated carbocycles. The van der Waals surface area contributed by atoms with E-state index in [9.17, 15) is 13.2 Å². The Morgan fingerprint density at radius 2 is 1.44 bits per heavy atom. The number of rotatable bonds is 7. The maximum atomic E-state index is 13.0. The van der Waals surface area contributed by atoms with Crippen molar-refractivity contribution in [1.82, 2.24) is 0 Å². The van der Waals surface area contributed by atoms with Gasteiger partial charge in [-0.25, -0.2) is 13.2 Å². The van der Waals surface area contributed by atoms with E-state index in [0.717, 1.165) is 4.31 Å². The van der Waals surface area contributed by atoms with Gasteiger partial charge in [-0.3, -0.25) is 4.31 Å². The summed E-state index contributed by atoms with van der Waals surface area (Å²) in [6, 6.07) is 8.70. The van der Waals surface area contributed by atoms with Crippen LogP contribution in [0.1, 0.15) is 10.4 Å². The molecule has 0 unspecified atom stereocenters. The first-order valence-corrected chi connectivity index (χ1v) is 9.21. The molecule has 0 aliphatic carbocycles. The van der Waals surface area contributed by atoms with Gasteiger partial charge < -0.3 is 18.9 Å². The van der Waals surface area contributed by atoms with Gasteiger partial charge >= 0.3 is 5.97 Å². The molecule has 0 heterocycles. The highest BCUT2D eigenvalue weighted by Gasteiger charge is 2.27. The van der Waals surface area contributed by atoms with Crippen LogP contribution in [0.3, 0.4) is 0 Å². The zero-order valence-corrected chi connectivity index (χ0v) is 16.5. The first kappa shape index (κ1) is 20.4. The fraction of sp³-hybridized carbons (Fsp3) is 0.278. The number of carbonyl (C=O) groups excluding carboxylic acids is 1. The number of anilines is 1. The van der Waals surface area contributed by atoms with Gasteiger partial charge in [0.25, 0.3) is 10.0 Å². The Bertz CT molecular complexity index is 923. The zero-order chi connectivity index (χ0) is 20.2. The normalized spacial score (nSPS) is 10.9. The maximum absolute atomic E-state index is 13.0. The van der Waals surface area contributed by atoms with Crippen molar-refractivity contribution >= 4 is 21.7 Å². The first-order valence-electron chi connectivity index (χ1n) is 7.77. The largest absolute Gasteiger partial charge is 0.497 e. The molecule has 0 N–H and O–H groups in total. The van der Waals surface area contributed by atoms with Crippen LogP contribution in [0, 0.1) is 0 Å². The van der Waals surface area contributed by atoms with Gasteiger partial charge in [0.15, 0.2) is 11.5 Å². The van der Waals surface area contributed by atoms with Gasteiger partial charge in [0, 0.05) is 19.2 Å². The molecular weight excluding hydrogens is 374 g/mol. The van der Waals surface area contributed by atoms with Gasteiger partial charge in [0.2, 0.25) is 0 Å². The van der Waals surface area contributed by atoms with E-state index >= 15 is 0 Å². The molecule has 0 aromatic heterocycles. The van der Waals surface area contributed by atoms with Crippen LogP contribution in [0.25, 0.3) is 0 Å². The Hall–Kier alpha value is -2.94. The Balaban J connectivity index is 2.61. The molecule has 0 fully saturated rings. The van der Waals surface area contributed by atoms with Crippen LogP contribution in [-0.4, -0.2) is 49.9 Å². The van der Waals surface area contributed by atoms with Crippen molar-refractivity contribution < 1.29 is 32.2 Å². The Kier molecular flexibility index (Phi) is 6.17. The van der Waals surface area contributed by atoms with Crippen LogP contribution < -0.4 is 18.5 Å². The van der Waals surface area contributed by atoms with Crippen molar-refractivity contribution in [3.8, 4) is 17.2 Å². The SMILES string of the molecule is COC(=O)c1cc(OC)c(OC)cc1N(C)S(=O)(=O)c1ccc(OC)cc1. The number of ether oxygens (including phenoxy) is 4. The van der Waals surface area contributed by atoms with Gasteiger partial charge in [-0.05, 0) is 24.3 Å². The lowest BCUT2D eigenvalue weighted by atomic mass is 10.1. The third-order valence-corrected chi connectivity index (χ3v) is 5.75. The van der Waals surface area contributed by atoms with E-state index in [1.807, 2.05) is 0 Å². The molecule has 0 amide bonds. The molecule has 0 spiro atoms. The molecule has 0 atom stereocenters. The maximum Gasteiger partial charge on any atom is 0.340 e. The highest BCUT2D eigenvalue weighted by molar-refractivity contribution is 7.92. The summed E-state index contributed by atoms with van der Waals surface area (Å²) < 4.78 is 47.2. The second-order valence-electron chi connectivity index (χ2n) is 5.36. The molecule has 0 saturated heterocycles. The fourth-order valence-corrected chi connectivity index (χ4v) is 3.64. The van der Waals surface area contributed by atoms with Crippen molar-refractivity contribution in [3.05, 3.63) is 42.0 Å². The average molecular weight is 395 g/mol. The Labute approximate surface area is 158 Å². The first-order chi connectivity index (χ1) is 12.8. The molecule has 27 heavy (non-hydrogen) atoms. The van der Waals surface area contributed by atoms with E-state index in [1.54, 1.807) is 0 Å². The van der Waals surface area contributed by atoms with Gasteiger partial charge in [0.1, 0.15) is 5.75 Å². The summed E-state index contributed by atoms with van der Waals surface area (Å²) in [5, 5.41) is 0. The highest BCUT2D eigenvalue weighted by Crippen LogP contribution is 2.37. The minimum Gasteiger partial charge on any atom is -0.497 e. The lowest BCUT2D eigenvalue weighted by molar-refractivity contribution is 0.0601. The summed E-state index contributed by atoms with van der Waals surface area (Å²) in [7, 11) is 2.91. The summed E-state index contributed by atoms with van der Waals surface area (Å²) in [6.45, 7) is 0. The Morgan fingerprint density at radius 1 is 0.889 bits per heavy atom. The molecule has 2 aromatic rings. The van der Waals surface area contributed by atoms with Crippen molar-refractivity contribution in [3.63, 3.8) is 0 Å². The van der Waals surface area contributed by atoms with Crippen LogP contribution in [0.4, 0.5) is 5.69 Å². The van der Waals surface area contributed by atoms with E-state index in [-0.39, 0.29) is 27.6 Å². The number of hydrogen-bond acceptors (Lipinski definition) is 7. The van der Waals surface area contributed by atoms with Gasteiger partial charge in [-0.15, -0.1) is 0 Å². The molecular formula is C18H21NO7S. The molecule has 0 aliphatic heterocycles. The number of hydrogen-bond donors (Lipinski definition) is 0. The second kappa shape index (κ2) is 8.17. The molecule has 8 nitrogen and oxygen atoms in total. The summed E-state index contributed by atoms with van der Waals surface area (Å²) in [6.07, 6.45) is 0. The third kappa shape index (κ3) is 3.92. The monoisotopic (exact) mass is 395 g/mol. The number of methoxy groups -OCH3 is 4. The van der Waals surface area contributed by atoms with Crippen LogP contribution in [0.15, 0.2) is 41.3 Å². The van der Waals surface area contributed by atoms with E-state index in [1.165, 1.54) is 71.9 Å². The average Bonchev–Trinajstić information content (AvgIpc) is 2.71. The van der Waals surface area contributed by atoms with Gasteiger partial charge in [-0.1, -0.05) is 0 Å². The third-order valence-electron chi connectivity index (χ3n) is 3.96. The molecule has 146 valence electrons. The predicted molar refractivity (Wildman–Crippen MR) is 99.5 cm³/mol. The summed E-state index contributed by atoms with van der Waals surface area (Å²) in [4.78, 5) is 12.2. The molecule has 0 aliphatic rings. The predicted octanol–water partition coefficient (Wildman–Crippen LogP) is 2.32. The molecule has 0 radical (unpaired) electrons. The topological polar surface area (TPSA) is 91.4 Å². The van der Waals surface area contributed by atoms with Crippen molar-refractivity contribution in [2.45, 2.75) is 4.90 Å². The summed E-state index contributed by atoms with van der Waals surface area (Å²) >= 11 is 0. The van der Waals surface area contributed by atoms with Crippen molar-refractivity contribution in [2.24, 2.45) is 0 Å².